The largest absolute Gasteiger partial charge is 0.328 e. The third kappa shape index (κ3) is 5.06. The minimum absolute atomic E-state index is 0.0522. The maximum Gasteiger partial charge on any atom is 0.243 e. The first kappa shape index (κ1) is 23.3. The van der Waals surface area contributed by atoms with E-state index in [4.69, 9.17) is 0 Å². The monoisotopic (exact) mass is 476 g/mol. The van der Waals surface area contributed by atoms with Crippen LogP contribution < -0.4 is 5.32 Å². The Hall–Kier alpha value is -2.85. The molecule has 0 aliphatic carbocycles. The summed E-state index contributed by atoms with van der Waals surface area (Å²) in [5.41, 5.74) is 1.42. The molecule has 1 aliphatic heterocycles. The number of carbonyl (C=O) groups excluding carboxylic acids is 1. The molecule has 2 heterocycles. The van der Waals surface area contributed by atoms with Gasteiger partial charge in [0.1, 0.15) is 17.5 Å². The maximum absolute atomic E-state index is 13.3. The van der Waals surface area contributed by atoms with Crippen LogP contribution in [0.1, 0.15) is 38.4 Å². The molecule has 1 aliphatic rings. The zero-order valence-corrected chi connectivity index (χ0v) is 19.2. The van der Waals surface area contributed by atoms with Crippen LogP contribution in [0.25, 0.3) is 11.0 Å². The average molecular weight is 477 g/mol. The van der Waals surface area contributed by atoms with Crippen molar-refractivity contribution in [3.63, 3.8) is 0 Å². The Bertz CT molecular complexity index is 1260. The summed E-state index contributed by atoms with van der Waals surface area (Å²) in [6.45, 7) is 3.74. The molecule has 1 saturated heterocycles. The number of carbonyl (C=O) groups is 1. The van der Waals surface area contributed by atoms with E-state index in [1.807, 2.05) is 11.5 Å². The van der Waals surface area contributed by atoms with Crippen molar-refractivity contribution in [2.45, 2.75) is 50.5 Å². The minimum Gasteiger partial charge on any atom is -0.328 e. The van der Waals surface area contributed by atoms with Gasteiger partial charge in [0, 0.05) is 44.2 Å². The summed E-state index contributed by atoms with van der Waals surface area (Å²) in [5, 5.41) is 2.50. The Morgan fingerprint density at radius 2 is 1.79 bits per heavy atom. The number of anilines is 1. The van der Waals surface area contributed by atoms with Gasteiger partial charge in [-0.05, 0) is 49.6 Å². The fraction of sp³-hybridized carbons (Fsp3) is 0.391. The van der Waals surface area contributed by atoms with E-state index < -0.39 is 27.6 Å². The summed E-state index contributed by atoms with van der Waals surface area (Å²) in [6.07, 6.45) is 2.92. The van der Waals surface area contributed by atoms with Crippen molar-refractivity contribution in [3.05, 3.63) is 53.9 Å². The molecule has 33 heavy (non-hydrogen) atoms. The first-order valence-corrected chi connectivity index (χ1v) is 12.5. The molecule has 176 valence electrons. The highest BCUT2D eigenvalue weighted by atomic mass is 32.2. The molecule has 0 spiro atoms. The highest BCUT2D eigenvalue weighted by Crippen LogP contribution is 2.26. The molecular weight excluding hydrogens is 450 g/mol. The maximum atomic E-state index is 13.3. The smallest absolute Gasteiger partial charge is 0.243 e. The van der Waals surface area contributed by atoms with Crippen molar-refractivity contribution in [3.8, 4) is 0 Å². The number of nitrogens with zero attached hydrogens (tertiary/aromatic N) is 3. The number of sulfonamides is 1. The molecule has 1 aromatic heterocycles. The molecule has 3 aromatic rings. The summed E-state index contributed by atoms with van der Waals surface area (Å²) in [6, 6.07) is 7.80. The lowest BCUT2D eigenvalue weighted by Gasteiger charge is -2.15. The zero-order valence-electron chi connectivity index (χ0n) is 18.4. The Morgan fingerprint density at radius 3 is 2.45 bits per heavy atom. The van der Waals surface area contributed by atoms with Crippen molar-refractivity contribution >= 4 is 32.7 Å². The Labute approximate surface area is 191 Å². The van der Waals surface area contributed by atoms with E-state index in [-0.39, 0.29) is 17.0 Å². The Morgan fingerprint density at radius 1 is 1.09 bits per heavy atom. The molecule has 0 bridgehead atoms. The van der Waals surface area contributed by atoms with E-state index in [0.29, 0.717) is 37.4 Å². The lowest BCUT2D eigenvalue weighted by molar-refractivity contribution is -0.116. The van der Waals surface area contributed by atoms with Crippen LogP contribution in [-0.4, -0.2) is 41.3 Å². The van der Waals surface area contributed by atoms with Gasteiger partial charge in [-0.2, -0.15) is 4.31 Å². The lowest BCUT2D eigenvalue weighted by Crippen LogP contribution is -2.27. The second-order valence-corrected chi connectivity index (χ2v) is 10.1. The number of rotatable bonds is 8. The van der Waals surface area contributed by atoms with Gasteiger partial charge in [-0.3, -0.25) is 4.79 Å². The van der Waals surface area contributed by atoms with Crippen molar-refractivity contribution in [2.24, 2.45) is 0 Å². The second kappa shape index (κ2) is 9.56. The molecule has 4 rings (SSSR count). The van der Waals surface area contributed by atoms with Gasteiger partial charge >= 0.3 is 0 Å². The SMILES string of the molecule is CCCn1c(CCC(=O)Nc2cc(F)cc(F)c2)nc2cc(S(=O)(=O)N3CCCC3)ccc21. The van der Waals surface area contributed by atoms with E-state index in [1.165, 1.54) is 4.31 Å². The summed E-state index contributed by atoms with van der Waals surface area (Å²) in [7, 11) is -3.55. The fourth-order valence-corrected chi connectivity index (χ4v) is 5.67. The number of fused-ring (bicyclic) bond motifs is 1. The predicted molar refractivity (Wildman–Crippen MR) is 121 cm³/mol. The van der Waals surface area contributed by atoms with E-state index in [2.05, 4.69) is 10.3 Å². The fourth-order valence-electron chi connectivity index (χ4n) is 4.14. The number of hydrogen-bond donors (Lipinski definition) is 1. The van der Waals surface area contributed by atoms with Crippen LogP contribution in [0.3, 0.4) is 0 Å². The summed E-state index contributed by atoms with van der Waals surface area (Å²) < 4.78 is 56.0. The molecule has 0 unspecified atom stereocenters. The molecule has 2 aromatic carbocycles. The number of amides is 1. The van der Waals surface area contributed by atoms with Crippen LogP contribution in [0.5, 0.6) is 0 Å². The van der Waals surface area contributed by atoms with Gasteiger partial charge in [-0.25, -0.2) is 22.2 Å². The highest BCUT2D eigenvalue weighted by Gasteiger charge is 2.28. The number of aryl methyl sites for hydroxylation is 2. The van der Waals surface area contributed by atoms with Crippen molar-refractivity contribution in [1.82, 2.24) is 13.9 Å². The number of nitrogens with one attached hydrogen (secondary N) is 1. The van der Waals surface area contributed by atoms with Gasteiger partial charge in [0.25, 0.3) is 0 Å². The summed E-state index contributed by atoms with van der Waals surface area (Å²) in [5.74, 6) is -1.28. The summed E-state index contributed by atoms with van der Waals surface area (Å²) in [4.78, 5) is 17.2. The average Bonchev–Trinajstić information content (AvgIpc) is 3.40. The highest BCUT2D eigenvalue weighted by molar-refractivity contribution is 7.89. The van der Waals surface area contributed by atoms with Crippen LogP contribution in [0, 0.1) is 11.6 Å². The van der Waals surface area contributed by atoms with Crippen molar-refractivity contribution in [2.75, 3.05) is 18.4 Å². The van der Waals surface area contributed by atoms with Crippen LogP contribution in [0.2, 0.25) is 0 Å². The molecule has 7 nitrogen and oxygen atoms in total. The van der Waals surface area contributed by atoms with Crippen LogP contribution in [-0.2, 0) is 27.8 Å². The van der Waals surface area contributed by atoms with Crippen LogP contribution in [0.15, 0.2) is 41.3 Å². The molecule has 0 radical (unpaired) electrons. The van der Waals surface area contributed by atoms with Crippen molar-refractivity contribution in [1.29, 1.82) is 0 Å². The quantitative estimate of drug-likeness (QED) is 0.531. The number of imidazole rings is 1. The molecular formula is C23H26F2N4O3S. The molecule has 0 atom stereocenters. The van der Waals surface area contributed by atoms with Crippen molar-refractivity contribution < 1.29 is 22.0 Å². The number of hydrogen-bond acceptors (Lipinski definition) is 4. The predicted octanol–water partition coefficient (Wildman–Crippen LogP) is 4.08. The first-order chi connectivity index (χ1) is 15.8. The van der Waals surface area contributed by atoms with Gasteiger partial charge in [-0.1, -0.05) is 6.92 Å². The van der Waals surface area contributed by atoms with Gasteiger partial charge in [0.05, 0.1) is 15.9 Å². The zero-order chi connectivity index (χ0) is 23.6. The molecule has 1 fully saturated rings. The normalized spacial score (nSPS) is 14.8. The van der Waals surface area contributed by atoms with Crippen LogP contribution in [0.4, 0.5) is 14.5 Å². The van der Waals surface area contributed by atoms with Gasteiger partial charge in [0.2, 0.25) is 15.9 Å². The third-order valence-electron chi connectivity index (χ3n) is 5.67. The third-order valence-corrected chi connectivity index (χ3v) is 7.57. The molecule has 1 amide bonds. The van der Waals surface area contributed by atoms with E-state index in [1.54, 1.807) is 18.2 Å². The van der Waals surface area contributed by atoms with E-state index in [9.17, 15) is 22.0 Å². The number of halogens is 2. The Balaban J connectivity index is 1.55. The van der Waals surface area contributed by atoms with Gasteiger partial charge in [0.15, 0.2) is 0 Å². The summed E-state index contributed by atoms with van der Waals surface area (Å²) >= 11 is 0. The minimum atomic E-state index is -3.55. The molecule has 10 heteroatoms. The molecule has 1 N–H and O–H groups in total. The van der Waals surface area contributed by atoms with Gasteiger partial charge < -0.3 is 9.88 Å². The van der Waals surface area contributed by atoms with E-state index >= 15 is 0 Å². The first-order valence-electron chi connectivity index (χ1n) is 11.0. The Kier molecular flexibility index (Phi) is 6.76. The number of aromatic nitrogens is 2. The molecule has 0 saturated carbocycles. The number of benzene rings is 2. The second-order valence-electron chi connectivity index (χ2n) is 8.15. The topological polar surface area (TPSA) is 84.3 Å². The lowest BCUT2D eigenvalue weighted by atomic mass is 10.2. The van der Waals surface area contributed by atoms with Crippen LogP contribution >= 0.6 is 0 Å². The van der Waals surface area contributed by atoms with E-state index in [0.717, 1.165) is 43.0 Å². The standard InChI is InChI=1S/C23H26F2N4O3S/c1-2-9-29-21-6-5-19(33(31,32)28-10-3-4-11-28)15-20(21)27-22(29)7-8-23(30)26-18-13-16(24)12-17(25)14-18/h5-6,12-15H,2-4,7-11H2,1H3,(H,26,30). The van der Waals surface area contributed by atoms with Gasteiger partial charge in [-0.15, -0.1) is 0 Å².